The molecule has 0 amide bonds. The summed E-state index contributed by atoms with van der Waals surface area (Å²) in [6.07, 6.45) is 1.52. The van der Waals surface area contributed by atoms with Crippen LogP contribution in [0.15, 0.2) is 34.9 Å². The van der Waals surface area contributed by atoms with Gasteiger partial charge in [-0.05, 0) is 36.8 Å². The van der Waals surface area contributed by atoms with Crippen molar-refractivity contribution in [1.29, 1.82) is 5.26 Å². The third-order valence-corrected chi connectivity index (χ3v) is 2.83. The lowest BCUT2D eigenvalue weighted by Gasteiger charge is -2.08. The van der Waals surface area contributed by atoms with Crippen molar-refractivity contribution in [1.82, 2.24) is 4.98 Å². The lowest BCUT2D eigenvalue weighted by molar-refractivity contribution is 0.425. The third-order valence-electron chi connectivity index (χ3n) is 2.34. The van der Waals surface area contributed by atoms with Crippen LogP contribution < -0.4 is 4.74 Å². The van der Waals surface area contributed by atoms with Gasteiger partial charge in [-0.2, -0.15) is 5.26 Å². The molecule has 1 aromatic heterocycles. The first-order valence-corrected chi connectivity index (χ1v) is 5.89. The molecule has 5 heteroatoms. The van der Waals surface area contributed by atoms with E-state index < -0.39 is 5.82 Å². The zero-order chi connectivity index (χ0) is 13.1. The average molecular weight is 307 g/mol. The Labute approximate surface area is 112 Å². The fourth-order valence-corrected chi connectivity index (χ4v) is 1.74. The molecule has 0 aliphatic rings. The van der Waals surface area contributed by atoms with Crippen molar-refractivity contribution in [2.75, 3.05) is 0 Å². The molecule has 0 aliphatic heterocycles. The number of ether oxygens (including phenoxy) is 1. The Bertz CT molecular complexity index is 637. The molecule has 0 unspecified atom stereocenters. The molecule has 0 bridgehead atoms. The average Bonchev–Trinajstić information content (AvgIpc) is 2.33. The topological polar surface area (TPSA) is 45.9 Å². The van der Waals surface area contributed by atoms with Gasteiger partial charge in [0.2, 0.25) is 5.88 Å². The van der Waals surface area contributed by atoms with Crippen LogP contribution in [0.3, 0.4) is 0 Å². The molecule has 0 atom stereocenters. The number of hydrogen-bond acceptors (Lipinski definition) is 3. The van der Waals surface area contributed by atoms with E-state index in [2.05, 4.69) is 20.9 Å². The first kappa shape index (κ1) is 12.5. The van der Waals surface area contributed by atoms with Crippen molar-refractivity contribution >= 4 is 15.9 Å². The van der Waals surface area contributed by atoms with Crippen molar-refractivity contribution < 1.29 is 9.13 Å². The largest absolute Gasteiger partial charge is 0.435 e. The van der Waals surface area contributed by atoms with Crippen LogP contribution >= 0.6 is 15.9 Å². The molecule has 2 rings (SSSR count). The molecule has 90 valence electrons. The maximum absolute atomic E-state index is 13.6. The van der Waals surface area contributed by atoms with Gasteiger partial charge in [-0.1, -0.05) is 15.9 Å². The van der Waals surface area contributed by atoms with Gasteiger partial charge in [-0.25, -0.2) is 9.37 Å². The fraction of sp³-hybridized carbons (Fsp3) is 0.0769. The molecule has 0 aliphatic carbocycles. The smallest absolute Gasteiger partial charge is 0.237 e. The minimum atomic E-state index is -0.517. The monoisotopic (exact) mass is 306 g/mol. The molecule has 0 spiro atoms. The molecular formula is C13H8BrFN2O. The van der Waals surface area contributed by atoms with Crippen LogP contribution in [0, 0.1) is 24.1 Å². The fourth-order valence-electron chi connectivity index (χ4n) is 1.41. The minimum Gasteiger partial charge on any atom is -0.435 e. The van der Waals surface area contributed by atoms with Crippen LogP contribution in [0.4, 0.5) is 4.39 Å². The number of benzene rings is 1. The Kier molecular flexibility index (Phi) is 3.58. The highest BCUT2D eigenvalue weighted by Gasteiger charge is 2.11. The van der Waals surface area contributed by atoms with E-state index in [9.17, 15) is 4.39 Å². The van der Waals surface area contributed by atoms with Crippen LogP contribution in [0.1, 0.15) is 11.1 Å². The van der Waals surface area contributed by atoms with Gasteiger partial charge in [0.15, 0.2) is 11.6 Å². The standard InChI is InChI=1S/C13H8BrFN2O/c1-8-4-5-17-13(10(8)7-16)18-12-3-2-9(14)6-11(12)15/h2-6H,1H3. The third kappa shape index (κ3) is 2.49. The van der Waals surface area contributed by atoms with Crippen molar-refractivity contribution in [3.8, 4) is 17.7 Å². The summed E-state index contributed by atoms with van der Waals surface area (Å²) in [6.45, 7) is 1.77. The van der Waals surface area contributed by atoms with Gasteiger partial charge < -0.3 is 4.74 Å². The first-order chi connectivity index (χ1) is 8.61. The predicted octanol–water partition coefficient (Wildman–Crippen LogP) is 3.96. The van der Waals surface area contributed by atoms with E-state index in [1.807, 2.05) is 6.07 Å². The maximum Gasteiger partial charge on any atom is 0.237 e. The lowest BCUT2D eigenvalue weighted by atomic mass is 10.2. The molecular weight excluding hydrogens is 299 g/mol. The SMILES string of the molecule is Cc1ccnc(Oc2ccc(Br)cc2F)c1C#N. The predicted molar refractivity (Wildman–Crippen MR) is 67.9 cm³/mol. The van der Waals surface area contributed by atoms with Crippen LogP contribution in [-0.4, -0.2) is 4.98 Å². The lowest BCUT2D eigenvalue weighted by Crippen LogP contribution is -1.95. The summed E-state index contributed by atoms with van der Waals surface area (Å²) < 4.78 is 19.6. The van der Waals surface area contributed by atoms with Crippen LogP contribution in [0.5, 0.6) is 11.6 Å². The molecule has 0 radical (unpaired) electrons. The van der Waals surface area contributed by atoms with E-state index in [0.29, 0.717) is 10.0 Å². The van der Waals surface area contributed by atoms with E-state index in [1.54, 1.807) is 19.1 Å². The van der Waals surface area contributed by atoms with Gasteiger partial charge in [0.1, 0.15) is 11.6 Å². The molecule has 1 heterocycles. The number of aromatic nitrogens is 1. The minimum absolute atomic E-state index is 0.0350. The van der Waals surface area contributed by atoms with E-state index in [0.717, 1.165) is 5.56 Å². The van der Waals surface area contributed by atoms with Gasteiger partial charge in [-0.3, -0.25) is 0 Å². The zero-order valence-corrected chi connectivity index (χ0v) is 11.0. The maximum atomic E-state index is 13.6. The van der Waals surface area contributed by atoms with Crippen LogP contribution in [0.2, 0.25) is 0 Å². The summed E-state index contributed by atoms with van der Waals surface area (Å²) in [5.74, 6) is -0.372. The summed E-state index contributed by atoms with van der Waals surface area (Å²) in [5.41, 5.74) is 1.04. The first-order valence-electron chi connectivity index (χ1n) is 5.10. The molecule has 0 N–H and O–H groups in total. The molecule has 0 saturated carbocycles. The van der Waals surface area contributed by atoms with Crippen LogP contribution in [0.25, 0.3) is 0 Å². The summed E-state index contributed by atoms with van der Waals surface area (Å²) in [5, 5.41) is 9.02. The molecule has 2 aromatic rings. The van der Waals surface area contributed by atoms with Crippen molar-refractivity contribution in [2.45, 2.75) is 6.92 Å². The van der Waals surface area contributed by atoms with Gasteiger partial charge >= 0.3 is 0 Å². The number of halogens is 2. The molecule has 18 heavy (non-hydrogen) atoms. The van der Waals surface area contributed by atoms with Crippen molar-refractivity contribution in [3.63, 3.8) is 0 Å². The molecule has 3 nitrogen and oxygen atoms in total. The van der Waals surface area contributed by atoms with Crippen molar-refractivity contribution in [3.05, 3.63) is 51.9 Å². The van der Waals surface area contributed by atoms with Gasteiger partial charge in [0.25, 0.3) is 0 Å². The highest BCUT2D eigenvalue weighted by molar-refractivity contribution is 9.10. The highest BCUT2D eigenvalue weighted by Crippen LogP contribution is 2.28. The van der Waals surface area contributed by atoms with Crippen molar-refractivity contribution in [2.24, 2.45) is 0 Å². The number of pyridine rings is 1. The second kappa shape index (κ2) is 5.15. The second-order valence-electron chi connectivity index (χ2n) is 3.60. The number of nitrogens with zero attached hydrogens (tertiary/aromatic N) is 2. The Morgan fingerprint density at radius 2 is 2.17 bits per heavy atom. The Morgan fingerprint density at radius 3 is 2.83 bits per heavy atom. The van der Waals surface area contributed by atoms with E-state index in [4.69, 9.17) is 10.00 Å². The summed E-state index contributed by atoms with van der Waals surface area (Å²) in [7, 11) is 0. The van der Waals surface area contributed by atoms with Gasteiger partial charge in [0.05, 0.1) is 0 Å². The quantitative estimate of drug-likeness (QED) is 0.843. The molecule has 0 saturated heterocycles. The van der Waals surface area contributed by atoms with Gasteiger partial charge in [-0.15, -0.1) is 0 Å². The zero-order valence-electron chi connectivity index (χ0n) is 9.45. The number of hydrogen-bond donors (Lipinski definition) is 0. The van der Waals surface area contributed by atoms with E-state index in [-0.39, 0.29) is 11.6 Å². The Hall–Kier alpha value is -1.93. The Morgan fingerprint density at radius 1 is 1.39 bits per heavy atom. The summed E-state index contributed by atoms with van der Waals surface area (Å²) >= 11 is 3.16. The Balaban J connectivity index is 2.41. The second-order valence-corrected chi connectivity index (χ2v) is 4.51. The number of aryl methyl sites for hydroxylation is 1. The van der Waals surface area contributed by atoms with Crippen LogP contribution in [-0.2, 0) is 0 Å². The number of rotatable bonds is 2. The van der Waals surface area contributed by atoms with E-state index in [1.165, 1.54) is 18.3 Å². The summed E-state index contributed by atoms with van der Waals surface area (Å²) in [4.78, 5) is 3.95. The number of nitriles is 1. The van der Waals surface area contributed by atoms with Gasteiger partial charge in [0, 0.05) is 10.7 Å². The highest BCUT2D eigenvalue weighted by atomic mass is 79.9. The summed E-state index contributed by atoms with van der Waals surface area (Å²) in [6, 6.07) is 8.11. The van der Waals surface area contributed by atoms with E-state index >= 15 is 0 Å². The molecule has 1 aromatic carbocycles. The molecule has 0 fully saturated rings. The normalized spacial score (nSPS) is 9.89.